The van der Waals surface area contributed by atoms with Crippen LogP contribution in [0.1, 0.15) is 83.7 Å². The number of ether oxygens (including phenoxy) is 2. The summed E-state index contributed by atoms with van der Waals surface area (Å²) in [6.07, 6.45) is 9.24. The Kier molecular flexibility index (Phi) is 11.9. The van der Waals surface area contributed by atoms with Crippen LogP contribution in [0, 0.1) is 11.8 Å². The van der Waals surface area contributed by atoms with Gasteiger partial charge in [-0.25, -0.2) is 19.9 Å². The van der Waals surface area contributed by atoms with E-state index in [2.05, 4.69) is 58.8 Å². The molecule has 2 aliphatic carbocycles. The molecule has 6 aromatic rings. The van der Waals surface area contributed by atoms with Crippen LogP contribution in [0.25, 0.3) is 20.4 Å². The van der Waals surface area contributed by atoms with E-state index in [-0.39, 0.29) is 43.0 Å². The Morgan fingerprint density at radius 2 is 1.17 bits per heavy atom. The zero-order valence-corrected chi connectivity index (χ0v) is 38.7. The number of carboxylic acids is 1. The van der Waals surface area contributed by atoms with Crippen molar-refractivity contribution in [2.45, 2.75) is 104 Å². The first-order valence-corrected chi connectivity index (χ1v) is 24.1. The monoisotopic (exact) mass is 929 g/mol. The topological polar surface area (TPSA) is 217 Å². The summed E-state index contributed by atoms with van der Waals surface area (Å²) in [5.74, 6) is 1.81. The minimum Gasteiger partial charge on any atom is -0.489 e. The number of β-amino-alcohol motifs (C(OH)–C–C–N with tert-alkyl or cyclic N) is 2. The highest BCUT2D eigenvalue weighted by Crippen LogP contribution is 2.44. The highest BCUT2D eigenvalue weighted by atomic mass is 32.1. The summed E-state index contributed by atoms with van der Waals surface area (Å²) in [6, 6.07) is 8.21. The highest BCUT2D eigenvalue weighted by molar-refractivity contribution is 7.19. The number of aliphatic imine (C=N–C) groups is 2. The smallest absolute Gasteiger partial charge is 0.306 e. The number of carbonyl (C=O) groups is 2. The lowest BCUT2D eigenvalue weighted by molar-refractivity contribution is -0.142. The van der Waals surface area contributed by atoms with Crippen LogP contribution < -0.4 is 20.1 Å². The Bertz CT molecular complexity index is 2940. The van der Waals surface area contributed by atoms with Crippen molar-refractivity contribution >= 4 is 90.4 Å². The maximum Gasteiger partial charge on any atom is 0.306 e. The molecule has 3 aliphatic heterocycles. The van der Waals surface area contributed by atoms with Crippen molar-refractivity contribution in [3.63, 3.8) is 0 Å². The summed E-state index contributed by atoms with van der Waals surface area (Å²) < 4.78 is 12.2. The van der Waals surface area contributed by atoms with Crippen LogP contribution >= 0.6 is 22.7 Å². The second-order valence-electron chi connectivity index (χ2n) is 18.0. The molecule has 342 valence electrons. The van der Waals surface area contributed by atoms with Crippen molar-refractivity contribution in [1.29, 1.82) is 0 Å². The summed E-state index contributed by atoms with van der Waals surface area (Å²) in [7, 11) is 0. The minimum atomic E-state index is -0.864. The fourth-order valence-electron chi connectivity index (χ4n) is 9.47. The number of nitrogens with zero attached hydrogens (tertiary/aromatic N) is 7. The van der Waals surface area contributed by atoms with Crippen LogP contribution in [0.4, 0.5) is 23.0 Å². The molecule has 2 aromatic carbocycles. The Morgan fingerprint density at radius 1 is 0.697 bits per heavy atom. The van der Waals surface area contributed by atoms with Gasteiger partial charge in [-0.15, -0.1) is 22.7 Å². The summed E-state index contributed by atoms with van der Waals surface area (Å²) in [5.41, 5.74) is 8.49. The largest absolute Gasteiger partial charge is 0.489 e. The first-order valence-electron chi connectivity index (χ1n) is 22.5. The van der Waals surface area contributed by atoms with E-state index in [1.54, 1.807) is 40.2 Å². The number of hydrogen-bond acceptors (Lipinski definition) is 16. The predicted molar refractivity (Wildman–Crippen MR) is 256 cm³/mol. The number of amides is 1. The second-order valence-corrected chi connectivity index (χ2v) is 20.2. The molecule has 5 N–H and O–H groups in total. The molecule has 0 radical (unpaired) electrons. The average molecular weight is 930 g/mol. The van der Waals surface area contributed by atoms with Gasteiger partial charge in [0.2, 0.25) is 5.91 Å². The predicted octanol–water partition coefficient (Wildman–Crippen LogP) is 7.17. The van der Waals surface area contributed by atoms with E-state index in [0.717, 1.165) is 99.8 Å². The number of anilines is 4. The van der Waals surface area contributed by atoms with Crippen molar-refractivity contribution in [1.82, 2.24) is 24.8 Å². The molecule has 1 fully saturated rings. The number of rotatable bonds is 10. The molecule has 66 heavy (non-hydrogen) atoms. The van der Waals surface area contributed by atoms with E-state index in [4.69, 9.17) is 9.47 Å². The number of thiophene rings is 2. The van der Waals surface area contributed by atoms with Crippen molar-refractivity contribution in [3.05, 3.63) is 80.1 Å². The Morgan fingerprint density at radius 3 is 1.64 bits per heavy atom. The highest BCUT2D eigenvalue weighted by Gasteiger charge is 2.38. The molecule has 0 saturated carbocycles. The number of benzene rings is 2. The lowest BCUT2D eigenvalue weighted by Crippen LogP contribution is -2.37. The van der Waals surface area contributed by atoms with Crippen LogP contribution in [0.2, 0.25) is 0 Å². The Hall–Kier alpha value is -6.08. The van der Waals surface area contributed by atoms with Crippen LogP contribution in [-0.4, -0.2) is 102 Å². The fraction of sp³-hybridized carbons (Fsp3) is 0.417. The van der Waals surface area contributed by atoms with E-state index in [0.29, 0.717) is 38.8 Å². The first-order chi connectivity index (χ1) is 31.9. The van der Waals surface area contributed by atoms with Gasteiger partial charge in [0.15, 0.2) is 0 Å². The molecule has 0 bridgehead atoms. The lowest BCUT2D eigenvalue weighted by atomic mass is 9.87. The molecule has 16 nitrogen and oxygen atoms in total. The van der Waals surface area contributed by atoms with Crippen LogP contribution in [0.5, 0.6) is 11.5 Å². The third kappa shape index (κ3) is 8.58. The number of likely N-dealkylation sites (tertiary alicyclic amines) is 1. The van der Waals surface area contributed by atoms with Crippen LogP contribution in [0.15, 0.2) is 46.9 Å². The van der Waals surface area contributed by atoms with Crippen molar-refractivity contribution in [2.75, 3.05) is 23.7 Å². The molecule has 11 rings (SSSR count). The quantitative estimate of drug-likeness (QED) is 0.0922. The van der Waals surface area contributed by atoms with Gasteiger partial charge in [0, 0.05) is 41.2 Å². The molecular weight excluding hydrogens is 879 g/mol. The number of fused-ring (bicyclic) bond motifs is 8. The maximum absolute atomic E-state index is 13.1. The van der Waals surface area contributed by atoms with Crippen molar-refractivity contribution in [2.24, 2.45) is 21.8 Å². The van der Waals surface area contributed by atoms with E-state index >= 15 is 0 Å². The number of nitrogens with one attached hydrogen (secondary N) is 2. The molecule has 1 saturated heterocycles. The molecule has 18 heteroatoms. The van der Waals surface area contributed by atoms with Gasteiger partial charge in [-0.3, -0.25) is 19.6 Å². The number of carbonyl (C=O) groups excluding carboxylic acids is 1. The minimum absolute atomic E-state index is 0.00780. The number of aliphatic carboxylic acids is 1. The standard InChI is InChI=1S/C26H29N5O4S.C22H22N4O3S/c1-13(2)35-21-6-16-9-27-8-15(16)5-18(21)30-24-23-17-4-3-14(7-22(17)36-25(23)29-12-28-24)26(34)31-10-19(32)20(33)11-31;1-11(2)29-17-6-14-9-23-8-13(14)5-16(17)26-20-19-15-4-3-12(22(27)28)7-18(15)30-21(19)25-10-24-20/h5-6,8,12-14,19-20,32-33H,3-4,7,9-11H2,1-2H3,(H,28,29,30);5-6,8,10-12H,3-4,7,9H2,1-2H3,(H,27,28)(H,24,25,26)/t14-,19-,20-;12-/m00/s1. The van der Waals surface area contributed by atoms with E-state index in [9.17, 15) is 24.9 Å². The number of aryl methyl sites for hydroxylation is 2. The molecule has 4 atom stereocenters. The van der Waals surface area contributed by atoms with Gasteiger partial charge in [0.1, 0.15) is 45.5 Å². The van der Waals surface area contributed by atoms with Crippen molar-refractivity contribution < 1.29 is 34.4 Å². The Balaban J connectivity index is 0.000000158. The third-order valence-electron chi connectivity index (χ3n) is 12.7. The van der Waals surface area contributed by atoms with E-state index in [1.807, 2.05) is 46.2 Å². The van der Waals surface area contributed by atoms with E-state index in [1.165, 1.54) is 11.1 Å². The maximum atomic E-state index is 13.1. The SMILES string of the molecule is CC(C)Oc1cc2c(cc1Nc1ncnc3sc4c(c13)CC[C@H](C(=O)N1C[C@H](O)[C@@H](O)C1)C4)C=NC2.CC(C)Oc1cc2c(cc1Nc1ncnc3sc4c(c13)CC[C@H](C(=O)O)C4)C=NC2. The summed E-state index contributed by atoms with van der Waals surface area (Å²) in [5, 5.41) is 38.1. The molecule has 0 spiro atoms. The Labute approximate surface area is 388 Å². The average Bonchev–Trinajstić information content (AvgIpc) is 4.13. The van der Waals surface area contributed by atoms with Gasteiger partial charge >= 0.3 is 5.97 Å². The van der Waals surface area contributed by atoms with Gasteiger partial charge in [-0.05, 0) is 124 Å². The second kappa shape index (κ2) is 18.0. The zero-order chi connectivity index (χ0) is 45.8. The normalized spacial score (nSPS) is 20.3. The molecule has 7 heterocycles. The zero-order valence-electron chi connectivity index (χ0n) is 37.1. The molecule has 1 amide bonds. The fourth-order valence-corrected chi connectivity index (χ4v) is 12.0. The van der Waals surface area contributed by atoms with Gasteiger partial charge in [0.05, 0.1) is 65.6 Å². The van der Waals surface area contributed by atoms with Crippen molar-refractivity contribution in [3.8, 4) is 11.5 Å². The number of hydrogen-bond donors (Lipinski definition) is 5. The van der Waals surface area contributed by atoms with Crippen LogP contribution in [-0.2, 0) is 48.4 Å². The summed E-state index contributed by atoms with van der Waals surface area (Å²) >= 11 is 3.18. The molecule has 0 unspecified atom stereocenters. The summed E-state index contributed by atoms with van der Waals surface area (Å²) in [6.45, 7) is 9.75. The van der Waals surface area contributed by atoms with Gasteiger partial charge in [-0.1, -0.05) is 0 Å². The summed E-state index contributed by atoms with van der Waals surface area (Å²) in [4.78, 5) is 57.0. The number of aliphatic hydroxyl groups is 2. The molecule has 5 aliphatic rings. The van der Waals surface area contributed by atoms with Crippen LogP contribution in [0.3, 0.4) is 0 Å². The van der Waals surface area contributed by atoms with E-state index < -0.39 is 18.2 Å². The number of carboxylic acid groups (broad SMARTS) is 1. The number of aromatic nitrogens is 4. The first kappa shape index (κ1) is 43.8. The molecular formula is C48H51N9O7S2. The van der Waals surface area contributed by atoms with Gasteiger partial charge < -0.3 is 40.3 Å². The molecule has 4 aromatic heterocycles. The lowest BCUT2D eigenvalue weighted by Gasteiger charge is -2.26. The third-order valence-corrected chi connectivity index (χ3v) is 15.0. The van der Waals surface area contributed by atoms with Gasteiger partial charge in [-0.2, -0.15) is 0 Å². The van der Waals surface area contributed by atoms with Gasteiger partial charge in [0.25, 0.3) is 0 Å². The number of aliphatic hydroxyl groups excluding tert-OH is 2.